The second kappa shape index (κ2) is 33.3. The molecule has 10 heteroatoms. The van der Waals surface area contributed by atoms with Gasteiger partial charge in [-0.05, 0) is 44.9 Å². The average Bonchev–Trinajstić information content (AvgIpc) is 3.07. The minimum absolute atomic E-state index is 0.0454. The molecule has 4 unspecified atom stereocenters. The van der Waals surface area contributed by atoms with Gasteiger partial charge in [-0.25, -0.2) is 0 Å². The molecule has 51 heavy (non-hydrogen) atoms. The number of allylic oxidation sites excluding steroid dienone is 6. The van der Waals surface area contributed by atoms with Crippen LogP contribution in [0.25, 0.3) is 0 Å². The number of carbonyl (C=O) groups is 1. The van der Waals surface area contributed by atoms with E-state index in [1.165, 1.54) is 57.8 Å². The predicted octanol–water partition coefficient (Wildman–Crippen LogP) is 9.08. The standard InChI is InChI=1S/C41H79N2O7P/c1-6-8-10-12-14-16-18-20-21-22-24-26-28-30-32-34-40(45)42-38(37-50-51(47,48)49-36-35-43(3,4)5)41(46)39(44)33-31-29-27-25-23-19-17-15-13-11-9-7-2/h8,10,14,16,20-21,38-39,41,44,46H,6-7,9,11-13,15,17-19,22-37H2,1-5H3,(H-,42,45,47,48)/b10-8-,16-14-,21-20-. The third kappa shape index (κ3) is 34.2. The first-order valence-electron chi connectivity index (χ1n) is 20.4. The summed E-state index contributed by atoms with van der Waals surface area (Å²) in [5, 5.41) is 24.5. The average molecular weight is 743 g/mol. The van der Waals surface area contributed by atoms with E-state index in [-0.39, 0.29) is 18.9 Å². The predicted molar refractivity (Wildman–Crippen MR) is 211 cm³/mol. The van der Waals surface area contributed by atoms with Crippen molar-refractivity contribution in [1.82, 2.24) is 5.32 Å². The van der Waals surface area contributed by atoms with Gasteiger partial charge >= 0.3 is 0 Å². The largest absolute Gasteiger partial charge is 0.756 e. The van der Waals surface area contributed by atoms with E-state index in [1.807, 2.05) is 21.1 Å². The van der Waals surface area contributed by atoms with Crippen LogP contribution in [0.15, 0.2) is 36.5 Å². The van der Waals surface area contributed by atoms with Gasteiger partial charge < -0.3 is 34.0 Å². The van der Waals surface area contributed by atoms with Gasteiger partial charge in [-0.2, -0.15) is 0 Å². The van der Waals surface area contributed by atoms with Crippen LogP contribution in [0.1, 0.15) is 162 Å². The van der Waals surface area contributed by atoms with Crippen LogP contribution in [-0.4, -0.2) is 79.8 Å². The molecule has 0 bridgehead atoms. The van der Waals surface area contributed by atoms with Crippen LogP contribution in [0.3, 0.4) is 0 Å². The molecule has 0 aliphatic rings. The second-order valence-corrected chi connectivity index (χ2v) is 16.5. The van der Waals surface area contributed by atoms with Gasteiger partial charge in [0.25, 0.3) is 7.82 Å². The zero-order valence-electron chi connectivity index (χ0n) is 33.4. The lowest BCUT2D eigenvalue weighted by molar-refractivity contribution is -0.870. The molecule has 0 aromatic carbocycles. The van der Waals surface area contributed by atoms with Crippen molar-refractivity contribution in [2.75, 3.05) is 40.9 Å². The Kier molecular flexibility index (Phi) is 32.4. The Hall–Kier alpha value is -1.32. The highest BCUT2D eigenvalue weighted by Crippen LogP contribution is 2.38. The summed E-state index contributed by atoms with van der Waals surface area (Å²) in [7, 11) is 1.11. The Labute approximate surface area is 313 Å². The third-order valence-electron chi connectivity index (χ3n) is 8.98. The Morgan fingerprint density at radius 2 is 1.24 bits per heavy atom. The number of phosphoric ester groups is 1. The van der Waals surface area contributed by atoms with Crippen LogP contribution in [0.2, 0.25) is 0 Å². The van der Waals surface area contributed by atoms with Gasteiger partial charge in [0, 0.05) is 6.42 Å². The van der Waals surface area contributed by atoms with E-state index in [0.29, 0.717) is 23.9 Å². The quantitative estimate of drug-likeness (QED) is 0.0253. The molecule has 0 aliphatic heterocycles. The van der Waals surface area contributed by atoms with Crippen LogP contribution in [0.5, 0.6) is 0 Å². The fourth-order valence-corrected chi connectivity index (χ4v) is 6.40. The molecule has 0 saturated carbocycles. The summed E-state index contributed by atoms with van der Waals surface area (Å²) in [6.07, 6.45) is 34.6. The van der Waals surface area contributed by atoms with Crippen LogP contribution < -0.4 is 10.2 Å². The van der Waals surface area contributed by atoms with E-state index < -0.39 is 32.7 Å². The van der Waals surface area contributed by atoms with Crippen LogP contribution in [0, 0.1) is 0 Å². The van der Waals surface area contributed by atoms with Crippen molar-refractivity contribution in [3.63, 3.8) is 0 Å². The van der Waals surface area contributed by atoms with E-state index in [4.69, 9.17) is 9.05 Å². The number of phosphoric acid groups is 1. The highest BCUT2D eigenvalue weighted by Gasteiger charge is 2.29. The Balaban J connectivity index is 4.61. The molecule has 0 saturated heterocycles. The molecule has 0 aromatic heterocycles. The van der Waals surface area contributed by atoms with Crippen molar-refractivity contribution >= 4 is 13.7 Å². The van der Waals surface area contributed by atoms with Gasteiger partial charge in [-0.1, -0.05) is 147 Å². The highest BCUT2D eigenvalue weighted by molar-refractivity contribution is 7.45. The SMILES string of the molecule is CC/C=C\C/C=C\C/C=C\CCCCCCCC(=O)NC(COP(=O)([O-])OCC[N+](C)(C)C)C(O)C(O)CCCCCCCCCCCCCC. The number of carbonyl (C=O) groups excluding carboxylic acids is 1. The fourth-order valence-electron chi connectivity index (χ4n) is 5.68. The van der Waals surface area contributed by atoms with E-state index >= 15 is 0 Å². The van der Waals surface area contributed by atoms with Crippen LogP contribution >= 0.6 is 7.82 Å². The van der Waals surface area contributed by atoms with Crippen molar-refractivity contribution in [1.29, 1.82) is 0 Å². The number of aliphatic hydroxyl groups is 2. The molecule has 9 nitrogen and oxygen atoms in total. The minimum Gasteiger partial charge on any atom is -0.756 e. The third-order valence-corrected chi connectivity index (χ3v) is 9.95. The maximum Gasteiger partial charge on any atom is 0.268 e. The number of nitrogens with one attached hydrogen (secondary N) is 1. The van der Waals surface area contributed by atoms with E-state index in [2.05, 4.69) is 55.6 Å². The smallest absolute Gasteiger partial charge is 0.268 e. The summed E-state index contributed by atoms with van der Waals surface area (Å²) >= 11 is 0. The first-order chi connectivity index (χ1) is 24.4. The second-order valence-electron chi connectivity index (χ2n) is 15.1. The minimum atomic E-state index is -4.66. The number of unbranched alkanes of at least 4 members (excludes halogenated alkanes) is 16. The van der Waals surface area contributed by atoms with Gasteiger partial charge in [-0.15, -0.1) is 0 Å². The summed E-state index contributed by atoms with van der Waals surface area (Å²) in [4.78, 5) is 25.3. The van der Waals surface area contributed by atoms with Crippen molar-refractivity contribution in [2.45, 2.75) is 180 Å². The van der Waals surface area contributed by atoms with Crippen LogP contribution in [0.4, 0.5) is 0 Å². The lowest BCUT2D eigenvalue weighted by Crippen LogP contribution is -2.51. The summed E-state index contributed by atoms with van der Waals surface area (Å²) in [6.45, 7) is 4.28. The van der Waals surface area contributed by atoms with Gasteiger partial charge in [0.15, 0.2) is 0 Å². The molecular weight excluding hydrogens is 663 g/mol. The molecule has 4 atom stereocenters. The lowest BCUT2D eigenvalue weighted by Gasteiger charge is -2.31. The monoisotopic (exact) mass is 743 g/mol. The van der Waals surface area contributed by atoms with Crippen molar-refractivity contribution in [3.05, 3.63) is 36.5 Å². The molecule has 0 aromatic rings. The van der Waals surface area contributed by atoms with E-state index in [9.17, 15) is 24.5 Å². The summed E-state index contributed by atoms with van der Waals surface area (Å²) in [5.41, 5.74) is 0. The van der Waals surface area contributed by atoms with Crippen molar-refractivity contribution < 1.29 is 38.0 Å². The molecule has 0 aliphatic carbocycles. The summed E-state index contributed by atoms with van der Waals surface area (Å²) < 4.78 is 23.1. The fraction of sp³-hybridized carbons (Fsp3) is 0.829. The summed E-state index contributed by atoms with van der Waals surface area (Å²) in [6, 6.07) is -1.08. The van der Waals surface area contributed by atoms with Crippen LogP contribution in [-0.2, 0) is 18.4 Å². The molecule has 3 N–H and O–H groups in total. The highest BCUT2D eigenvalue weighted by atomic mass is 31.2. The molecule has 0 heterocycles. The van der Waals surface area contributed by atoms with Gasteiger partial charge in [-0.3, -0.25) is 9.36 Å². The number of quaternary nitrogens is 1. The molecule has 0 radical (unpaired) electrons. The number of hydrogen-bond acceptors (Lipinski definition) is 7. The molecule has 0 rings (SSSR count). The van der Waals surface area contributed by atoms with Crippen molar-refractivity contribution in [2.24, 2.45) is 0 Å². The molecule has 300 valence electrons. The normalized spacial score (nSPS) is 15.5. The number of hydrogen-bond donors (Lipinski definition) is 3. The lowest BCUT2D eigenvalue weighted by atomic mass is 9.99. The Morgan fingerprint density at radius 3 is 1.80 bits per heavy atom. The number of rotatable bonds is 36. The zero-order valence-corrected chi connectivity index (χ0v) is 34.3. The van der Waals surface area contributed by atoms with E-state index in [1.54, 1.807) is 0 Å². The molecule has 0 fully saturated rings. The maximum absolute atomic E-state index is 12.8. The first-order valence-corrected chi connectivity index (χ1v) is 21.9. The number of amides is 1. The topological polar surface area (TPSA) is 128 Å². The number of aliphatic hydroxyl groups excluding tert-OH is 2. The maximum atomic E-state index is 12.8. The summed E-state index contributed by atoms with van der Waals surface area (Å²) in [5.74, 6) is -0.298. The van der Waals surface area contributed by atoms with E-state index in [0.717, 1.165) is 70.6 Å². The number of likely N-dealkylation sites (N-methyl/N-ethyl adjacent to an activating group) is 1. The van der Waals surface area contributed by atoms with Gasteiger partial charge in [0.1, 0.15) is 19.3 Å². The van der Waals surface area contributed by atoms with Crippen molar-refractivity contribution in [3.8, 4) is 0 Å². The first kappa shape index (κ1) is 49.7. The number of nitrogens with zero attached hydrogens (tertiary/aromatic N) is 1. The molecular formula is C41H79N2O7P. The Bertz CT molecular complexity index is 951. The zero-order chi connectivity index (χ0) is 38.1. The Morgan fingerprint density at radius 1 is 0.725 bits per heavy atom. The van der Waals surface area contributed by atoms with Gasteiger partial charge in [0.05, 0.1) is 39.9 Å². The molecule has 0 spiro atoms. The molecule has 1 amide bonds. The van der Waals surface area contributed by atoms with Gasteiger partial charge in [0.2, 0.25) is 5.91 Å².